The molecule has 9 heteroatoms. The lowest BCUT2D eigenvalue weighted by atomic mass is 10.1. The number of nitrogens with one attached hydrogen (secondary N) is 1. The summed E-state index contributed by atoms with van der Waals surface area (Å²) in [6.45, 7) is 2.23. The van der Waals surface area contributed by atoms with Crippen molar-refractivity contribution < 1.29 is 18.0 Å². The van der Waals surface area contributed by atoms with E-state index in [0.717, 1.165) is 5.56 Å². The second-order valence-corrected chi connectivity index (χ2v) is 8.66. The molecule has 29 heavy (non-hydrogen) atoms. The van der Waals surface area contributed by atoms with E-state index in [2.05, 4.69) is 5.32 Å². The quantitative estimate of drug-likeness (QED) is 0.618. The average molecular weight is 438 g/mol. The molecular formula is C20H24ClN3O4S. The van der Waals surface area contributed by atoms with Crippen molar-refractivity contribution in [3.8, 4) is 0 Å². The number of primary sulfonamides is 1. The van der Waals surface area contributed by atoms with Gasteiger partial charge in [0, 0.05) is 30.6 Å². The van der Waals surface area contributed by atoms with Gasteiger partial charge in [0.15, 0.2) is 0 Å². The molecule has 0 saturated carbocycles. The maximum absolute atomic E-state index is 12.4. The van der Waals surface area contributed by atoms with Crippen LogP contribution in [0.4, 0.5) is 0 Å². The second-order valence-electron chi connectivity index (χ2n) is 6.66. The number of carbonyl (C=O) groups excluding carboxylic acids is 2. The standard InChI is InChI=1S/C20H24ClN3O4S/c1-14(15-7-11-18(12-8-15)29(22,27)28)24(2)19(25)4-3-13-23-20(26)16-5-9-17(21)10-6-16/h5-12,14H,3-4,13H2,1-2H3,(H,23,26)(H2,22,27,28)/t14-/m0/s1. The molecule has 0 aliphatic heterocycles. The summed E-state index contributed by atoms with van der Waals surface area (Å²) >= 11 is 5.80. The highest BCUT2D eigenvalue weighted by Crippen LogP contribution is 2.21. The molecule has 0 heterocycles. The summed E-state index contributed by atoms with van der Waals surface area (Å²) in [6.07, 6.45) is 0.774. The van der Waals surface area contributed by atoms with Gasteiger partial charge < -0.3 is 10.2 Å². The van der Waals surface area contributed by atoms with Crippen LogP contribution in [0.3, 0.4) is 0 Å². The van der Waals surface area contributed by atoms with Crippen LogP contribution in [0, 0.1) is 0 Å². The van der Waals surface area contributed by atoms with E-state index in [1.165, 1.54) is 12.1 Å². The van der Waals surface area contributed by atoms with Crippen LogP contribution in [-0.4, -0.2) is 38.7 Å². The van der Waals surface area contributed by atoms with Crippen molar-refractivity contribution in [2.75, 3.05) is 13.6 Å². The zero-order chi connectivity index (χ0) is 21.6. The molecule has 1 atom stereocenters. The van der Waals surface area contributed by atoms with Gasteiger partial charge in [0.25, 0.3) is 5.91 Å². The van der Waals surface area contributed by atoms with Gasteiger partial charge in [-0.15, -0.1) is 0 Å². The lowest BCUT2D eigenvalue weighted by Gasteiger charge is -2.25. The zero-order valence-electron chi connectivity index (χ0n) is 16.3. The van der Waals surface area contributed by atoms with Crippen molar-refractivity contribution in [2.24, 2.45) is 5.14 Å². The first-order valence-corrected chi connectivity index (χ1v) is 10.9. The monoisotopic (exact) mass is 437 g/mol. The first-order valence-electron chi connectivity index (χ1n) is 9.02. The summed E-state index contributed by atoms with van der Waals surface area (Å²) in [5, 5.41) is 8.43. The number of rotatable bonds is 8. The Morgan fingerprint density at radius 2 is 1.69 bits per heavy atom. The normalized spacial score (nSPS) is 12.3. The lowest BCUT2D eigenvalue weighted by molar-refractivity contribution is -0.131. The van der Waals surface area contributed by atoms with Gasteiger partial charge in [0.1, 0.15) is 0 Å². The number of nitrogens with two attached hydrogens (primary N) is 1. The molecule has 2 rings (SSSR count). The van der Waals surface area contributed by atoms with Crippen LogP contribution >= 0.6 is 11.6 Å². The Bertz CT molecular complexity index is 960. The van der Waals surface area contributed by atoms with Crippen molar-refractivity contribution in [1.29, 1.82) is 0 Å². The Labute approximate surface area is 175 Å². The molecule has 0 spiro atoms. The fourth-order valence-corrected chi connectivity index (χ4v) is 3.34. The third kappa shape index (κ3) is 6.56. The predicted octanol–water partition coefficient (Wildman–Crippen LogP) is 2.72. The SMILES string of the molecule is C[C@@H](c1ccc(S(N)(=O)=O)cc1)N(C)C(=O)CCCNC(=O)c1ccc(Cl)cc1. The largest absolute Gasteiger partial charge is 0.352 e. The van der Waals surface area contributed by atoms with Gasteiger partial charge >= 0.3 is 0 Å². The fourth-order valence-electron chi connectivity index (χ4n) is 2.70. The molecule has 0 fully saturated rings. The number of halogens is 1. The van der Waals surface area contributed by atoms with E-state index in [0.29, 0.717) is 23.6 Å². The molecule has 2 aromatic rings. The van der Waals surface area contributed by atoms with Gasteiger partial charge in [-0.05, 0) is 55.3 Å². The van der Waals surface area contributed by atoms with E-state index in [4.69, 9.17) is 16.7 Å². The highest BCUT2D eigenvalue weighted by molar-refractivity contribution is 7.89. The van der Waals surface area contributed by atoms with E-state index < -0.39 is 10.0 Å². The van der Waals surface area contributed by atoms with Crippen molar-refractivity contribution in [1.82, 2.24) is 10.2 Å². The smallest absolute Gasteiger partial charge is 0.251 e. The summed E-state index contributed by atoms with van der Waals surface area (Å²) in [5.74, 6) is -0.292. The third-order valence-corrected chi connectivity index (χ3v) is 5.81. The molecule has 7 nitrogen and oxygen atoms in total. The molecule has 0 bridgehead atoms. The molecule has 0 radical (unpaired) electrons. The van der Waals surface area contributed by atoms with Crippen LogP contribution in [0.25, 0.3) is 0 Å². The van der Waals surface area contributed by atoms with Crippen LogP contribution in [0.5, 0.6) is 0 Å². The number of hydrogen-bond donors (Lipinski definition) is 2. The maximum Gasteiger partial charge on any atom is 0.251 e. The molecule has 2 aromatic carbocycles. The number of sulfonamides is 1. The zero-order valence-corrected chi connectivity index (χ0v) is 17.8. The van der Waals surface area contributed by atoms with Crippen LogP contribution in [0.2, 0.25) is 5.02 Å². The molecule has 0 unspecified atom stereocenters. The van der Waals surface area contributed by atoms with Crippen molar-refractivity contribution in [3.63, 3.8) is 0 Å². The Balaban J connectivity index is 1.82. The van der Waals surface area contributed by atoms with Gasteiger partial charge in [0.05, 0.1) is 10.9 Å². The maximum atomic E-state index is 12.4. The van der Waals surface area contributed by atoms with Crippen LogP contribution in [-0.2, 0) is 14.8 Å². The number of hydrogen-bond acceptors (Lipinski definition) is 4. The van der Waals surface area contributed by atoms with Crippen LogP contribution < -0.4 is 10.5 Å². The third-order valence-electron chi connectivity index (χ3n) is 4.62. The summed E-state index contributed by atoms with van der Waals surface area (Å²) in [4.78, 5) is 26.1. The molecule has 0 aliphatic rings. The first-order chi connectivity index (χ1) is 13.6. The minimum Gasteiger partial charge on any atom is -0.352 e. The molecule has 0 saturated heterocycles. The van der Waals surface area contributed by atoms with Gasteiger partial charge in [-0.2, -0.15) is 0 Å². The second kappa shape index (κ2) is 9.87. The van der Waals surface area contributed by atoms with Crippen LogP contribution in [0.1, 0.15) is 41.7 Å². The predicted molar refractivity (Wildman–Crippen MR) is 112 cm³/mol. The van der Waals surface area contributed by atoms with E-state index in [1.54, 1.807) is 48.3 Å². The van der Waals surface area contributed by atoms with Crippen molar-refractivity contribution in [2.45, 2.75) is 30.7 Å². The summed E-state index contributed by atoms with van der Waals surface area (Å²) in [7, 11) is -2.06. The Hall–Kier alpha value is -2.42. The van der Waals surface area contributed by atoms with Gasteiger partial charge in [-0.25, -0.2) is 13.6 Å². The molecule has 0 aromatic heterocycles. The minimum absolute atomic E-state index is 0.0267. The number of carbonyl (C=O) groups is 2. The molecule has 0 aliphatic carbocycles. The first kappa shape index (κ1) is 22.9. The van der Waals surface area contributed by atoms with Gasteiger partial charge in [0.2, 0.25) is 15.9 Å². The van der Waals surface area contributed by atoms with Gasteiger partial charge in [-0.3, -0.25) is 9.59 Å². The van der Waals surface area contributed by atoms with Gasteiger partial charge in [-0.1, -0.05) is 23.7 Å². The molecule has 3 N–H and O–H groups in total. The Kier molecular flexibility index (Phi) is 7.78. The minimum atomic E-state index is -3.75. The Morgan fingerprint density at radius 1 is 1.10 bits per heavy atom. The van der Waals surface area contributed by atoms with E-state index in [1.807, 2.05) is 6.92 Å². The average Bonchev–Trinajstić information content (AvgIpc) is 2.69. The van der Waals surface area contributed by atoms with Crippen molar-refractivity contribution >= 4 is 33.4 Å². The van der Waals surface area contributed by atoms with E-state index >= 15 is 0 Å². The highest BCUT2D eigenvalue weighted by atomic mass is 35.5. The highest BCUT2D eigenvalue weighted by Gasteiger charge is 2.18. The molecule has 156 valence electrons. The lowest BCUT2D eigenvalue weighted by Crippen LogP contribution is -2.31. The van der Waals surface area contributed by atoms with E-state index in [-0.39, 0.29) is 29.2 Å². The summed E-state index contributed by atoms with van der Waals surface area (Å²) in [6, 6.07) is 12.5. The molecule has 2 amide bonds. The summed E-state index contributed by atoms with van der Waals surface area (Å²) in [5.41, 5.74) is 1.30. The van der Waals surface area contributed by atoms with Crippen LogP contribution in [0.15, 0.2) is 53.4 Å². The van der Waals surface area contributed by atoms with E-state index in [9.17, 15) is 18.0 Å². The summed E-state index contributed by atoms with van der Waals surface area (Å²) < 4.78 is 22.7. The molecular weight excluding hydrogens is 414 g/mol. The topological polar surface area (TPSA) is 110 Å². The number of benzene rings is 2. The Morgan fingerprint density at radius 3 is 2.24 bits per heavy atom. The fraction of sp³-hybridized carbons (Fsp3) is 0.300. The number of amides is 2. The number of nitrogens with zero attached hydrogens (tertiary/aromatic N) is 1. The van der Waals surface area contributed by atoms with Crippen molar-refractivity contribution in [3.05, 3.63) is 64.7 Å².